The Morgan fingerprint density at radius 3 is 2.74 bits per heavy atom. The van der Waals surface area contributed by atoms with Crippen LogP contribution in [0.3, 0.4) is 0 Å². The van der Waals surface area contributed by atoms with Gasteiger partial charge in [0.2, 0.25) is 0 Å². The minimum atomic E-state index is -1.18. The van der Waals surface area contributed by atoms with Crippen LogP contribution in [-0.4, -0.2) is 33.3 Å². The van der Waals surface area contributed by atoms with Crippen molar-refractivity contribution in [3.63, 3.8) is 0 Å². The van der Waals surface area contributed by atoms with Crippen molar-refractivity contribution in [3.05, 3.63) is 65.0 Å². The zero-order valence-electron chi connectivity index (χ0n) is 22.1. The van der Waals surface area contributed by atoms with Crippen molar-refractivity contribution in [3.8, 4) is 28.7 Å². The van der Waals surface area contributed by atoms with Gasteiger partial charge in [0.1, 0.15) is 11.4 Å². The molecule has 0 radical (unpaired) electrons. The molecule has 1 fully saturated rings. The number of ether oxygens (including phenoxy) is 2. The lowest BCUT2D eigenvalue weighted by Crippen LogP contribution is -2.28. The lowest BCUT2D eigenvalue weighted by Gasteiger charge is -2.29. The molecule has 0 unspecified atom stereocenters. The maximum absolute atomic E-state index is 12.7. The number of nitrogens with zero attached hydrogens (tertiary/aromatic N) is 2. The van der Waals surface area contributed by atoms with E-state index >= 15 is 0 Å². The molecule has 6 heteroatoms. The number of aliphatic carboxylic acids is 1. The van der Waals surface area contributed by atoms with Crippen LogP contribution in [0.5, 0.6) is 5.75 Å². The Kier molecular flexibility index (Phi) is 5.85. The average molecular weight is 507 g/mol. The molecule has 1 aliphatic carbocycles. The summed E-state index contributed by atoms with van der Waals surface area (Å²) in [7, 11) is 0. The Morgan fingerprint density at radius 2 is 2.00 bits per heavy atom. The number of aromatic nitrogens is 2. The first-order valence-electron chi connectivity index (χ1n) is 13.1. The van der Waals surface area contributed by atoms with Gasteiger partial charge >= 0.3 is 5.97 Å². The van der Waals surface area contributed by atoms with E-state index in [1.807, 2.05) is 70.3 Å². The largest absolute Gasteiger partial charge is 0.493 e. The van der Waals surface area contributed by atoms with Crippen LogP contribution in [0.4, 0.5) is 0 Å². The fourth-order valence-electron chi connectivity index (χ4n) is 5.21. The van der Waals surface area contributed by atoms with Gasteiger partial charge in [-0.05, 0) is 99.5 Å². The zero-order valence-corrected chi connectivity index (χ0v) is 22.1. The third-order valence-corrected chi connectivity index (χ3v) is 7.02. The van der Waals surface area contributed by atoms with Gasteiger partial charge in [-0.1, -0.05) is 5.92 Å². The molecular weight excluding hydrogens is 476 g/mol. The lowest BCUT2D eigenvalue weighted by atomic mass is 9.86. The lowest BCUT2D eigenvalue weighted by molar-refractivity contribution is -0.160. The van der Waals surface area contributed by atoms with Crippen LogP contribution in [0, 0.1) is 24.7 Å². The molecule has 6 rings (SSSR count). The summed E-state index contributed by atoms with van der Waals surface area (Å²) in [5.41, 5.74) is 5.77. The minimum absolute atomic E-state index is 0.476. The molecule has 0 spiro atoms. The summed E-state index contributed by atoms with van der Waals surface area (Å²) in [6.45, 7) is 8.15. The number of carboxylic acids is 1. The predicted molar refractivity (Wildman–Crippen MR) is 147 cm³/mol. The first kappa shape index (κ1) is 24.4. The molecule has 1 aliphatic heterocycles. The standard InChI is InChI=1S/C32H30N2O4/c1-18-17-24-22(10-9-21(34-24)8-7-19-5-6-19)28(26(18)30(31(35)36)38-32(2,3)4)23-11-12-25-27-20(14-16-37-25)13-15-33-29(23)27/h9-13,15,17,19,30H,5-6,14,16H2,1-4H3,(H,35,36)/t30-/m0/s1. The third kappa shape index (κ3) is 4.48. The fraction of sp³-hybridized carbons (Fsp3) is 0.344. The van der Waals surface area contributed by atoms with E-state index < -0.39 is 17.7 Å². The summed E-state index contributed by atoms with van der Waals surface area (Å²) in [6.07, 6.45) is 3.74. The smallest absolute Gasteiger partial charge is 0.337 e. The molecule has 1 saturated carbocycles. The van der Waals surface area contributed by atoms with E-state index in [1.165, 1.54) is 5.56 Å². The Bertz CT molecular complexity index is 1660. The maximum atomic E-state index is 12.7. The first-order valence-corrected chi connectivity index (χ1v) is 13.1. The second-order valence-electron chi connectivity index (χ2n) is 11.1. The summed E-state index contributed by atoms with van der Waals surface area (Å²) in [5, 5.41) is 12.2. The maximum Gasteiger partial charge on any atom is 0.337 e. The van der Waals surface area contributed by atoms with E-state index in [-0.39, 0.29) is 0 Å². The van der Waals surface area contributed by atoms with Gasteiger partial charge in [0, 0.05) is 40.4 Å². The molecule has 0 bridgehead atoms. The van der Waals surface area contributed by atoms with Crippen molar-refractivity contribution in [1.82, 2.24) is 9.97 Å². The highest BCUT2D eigenvalue weighted by atomic mass is 16.5. The summed E-state index contributed by atoms with van der Waals surface area (Å²) >= 11 is 0. The van der Waals surface area contributed by atoms with Crippen molar-refractivity contribution in [2.45, 2.75) is 58.7 Å². The molecule has 2 aromatic heterocycles. The highest BCUT2D eigenvalue weighted by Gasteiger charge is 2.33. The fourth-order valence-corrected chi connectivity index (χ4v) is 5.21. The van der Waals surface area contributed by atoms with E-state index in [9.17, 15) is 9.90 Å². The van der Waals surface area contributed by atoms with Crippen LogP contribution < -0.4 is 4.74 Å². The molecule has 38 heavy (non-hydrogen) atoms. The molecule has 0 amide bonds. The van der Waals surface area contributed by atoms with Crippen molar-refractivity contribution in [2.24, 2.45) is 5.92 Å². The number of benzene rings is 2. The summed E-state index contributed by atoms with van der Waals surface area (Å²) in [5.74, 6) is 6.73. The van der Waals surface area contributed by atoms with Crippen molar-refractivity contribution >= 4 is 27.8 Å². The average Bonchev–Trinajstić information content (AvgIpc) is 3.70. The second-order valence-corrected chi connectivity index (χ2v) is 11.1. The number of pyridine rings is 2. The van der Waals surface area contributed by atoms with Gasteiger partial charge in [-0.3, -0.25) is 4.98 Å². The van der Waals surface area contributed by atoms with Gasteiger partial charge < -0.3 is 14.6 Å². The van der Waals surface area contributed by atoms with Gasteiger partial charge in [-0.15, -0.1) is 0 Å². The monoisotopic (exact) mass is 506 g/mol. The van der Waals surface area contributed by atoms with E-state index in [4.69, 9.17) is 19.4 Å². The number of aryl methyl sites for hydroxylation is 1. The Labute approximate surface area is 222 Å². The third-order valence-electron chi connectivity index (χ3n) is 7.02. The number of carbonyl (C=O) groups is 1. The van der Waals surface area contributed by atoms with Gasteiger partial charge in [-0.2, -0.15) is 0 Å². The molecule has 1 atom stereocenters. The highest BCUT2D eigenvalue weighted by molar-refractivity contribution is 6.08. The Balaban J connectivity index is 1.67. The number of rotatable bonds is 4. The van der Waals surface area contributed by atoms with Crippen LogP contribution in [0.25, 0.3) is 32.9 Å². The summed E-state index contributed by atoms with van der Waals surface area (Å²) in [6, 6.07) is 11.8. The molecule has 2 aliphatic rings. The topological polar surface area (TPSA) is 81.5 Å². The predicted octanol–water partition coefficient (Wildman–Crippen LogP) is 6.40. The summed E-state index contributed by atoms with van der Waals surface area (Å²) < 4.78 is 12.1. The normalized spacial score (nSPS) is 15.6. The molecule has 192 valence electrons. The van der Waals surface area contributed by atoms with E-state index in [2.05, 4.69) is 11.8 Å². The molecule has 1 N–H and O–H groups in total. The second kappa shape index (κ2) is 9.11. The quantitative estimate of drug-likeness (QED) is 0.323. The molecular formula is C32H30N2O4. The Hall–Kier alpha value is -3.95. The number of carboxylic acid groups (broad SMARTS) is 1. The molecule has 2 aromatic carbocycles. The van der Waals surface area contributed by atoms with Crippen LogP contribution in [0.1, 0.15) is 62.1 Å². The van der Waals surface area contributed by atoms with E-state index in [1.54, 1.807) is 0 Å². The van der Waals surface area contributed by atoms with Crippen molar-refractivity contribution in [1.29, 1.82) is 0 Å². The van der Waals surface area contributed by atoms with Crippen molar-refractivity contribution < 1.29 is 19.4 Å². The van der Waals surface area contributed by atoms with E-state index in [0.717, 1.165) is 63.5 Å². The molecule has 6 nitrogen and oxygen atoms in total. The van der Waals surface area contributed by atoms with Gasteiger partial charge in [-0.25, -0.2) is 9.78 Å². The first-order chi connectivity index (χ1) is 18.2. The zero-order chi connectivity index (χ0) is 26.6. The highest BCUT2D eigenvalue weighted by Crippen LogP contribution is 2.44. The summed E-state index contributed by atoms with van der Waals surface area (Å²) in [4.78, 5) is 22.3. The molecule has 4 aromatic rings. The number of fused-ring (bicyclic) bond motifs is 1. The van der Waals surface area contributed by atoms with Crippen LogP contribution >= 0.6 is 0 Å². The van der Waals surface area contributed by atoms with E-state index in [0.29, 0.717) is 23.8 Å². The molecule has 3 heterocycles. The van der Waals surface area contributed by atoms with Gasteiger partial charge in [0.15, 0.2) is 6.10 Å². The van der Waals surface area contributed by atoms with Gasteiger partial charge in [0.25, 0.3) is 0 Å². The van der Waals surface area contributed by atoms with Crippen LogP contribution in [0.15, 0.2) is 42.6 Å². The minimum Gasteiger partial charge on any atom is -0.493 e. The van der Waals surface area contributed by atoms with Crippen LogP contribution in [0.2, 0.25) is 0 Å². The molecule has 0 saturated heterocycles. The number of hydrogen-bond donors (Lipinski definition) is 1. The van der Waals surface area contributed by atoms with Crippen LogP contribution in [-0.2, 0) is 16.0 Å². The Morgan fingerprint density at radius 1 is 1.18 bits per heavy atom. The van der Waals surface area contributed by atoms with Crippen molar-refractivity contribution in [2.75, 3.05) is 6.61 Å². The van der Waals surface area contributed by atoms with Gasteiger partial charge in [0.05, 0.1) is 23.2 Å². The number of hydrogen-bond acceptors (Lipinski definition) is 5. The SMILES string of the molecule is Cc1cc2nc(C#CC3CC3)ccc2c(-c2ccc3c4c(ccnc24)CCO3)c1[C@H](OC(C)(C)C)C(=O)O.